The zero-order valence-corrected chi connectivity index (χ0v) is 10.1. The van der Waals surface area contributed by atoms with Crippen molar-refractivity contribution in [3.8, 4) is 0 Å². The maximum Gasteiger partial charge on any atom is 0.267 e. The minimum absolute atomic E-state index is 0.775. The Balaban J connectivity index is 3.11. The highest BCUT2D eigenvalue weighted by molar-refractivity contribution is 9.72. The highest BCUT2D eigenvalue weighted by Gasteiger charge is 2.20. The Hall–Kier alpha value is 1.62. The topological polar surface area (TPSA) is 26.0 Å². The van der Waals surface area contributed by atoms with Gasteiger partial charge in [0.1, 0.15) is 0 Å². The lowest BCUT2D eigenvalue weighted by Gasteiger charge is -2.05. The van der Waals surface area contributed by atoms with E-state index < -0.39 is 3.93 Å². The molecule has 0 aliphatic rings. The van der Waals surface area contributed by atoms with Crippen LogP contribution in [0.3, 0.4) is 0 Å². The molecule has 0 bridgehead atoms. The second kappa shape index (κ2) is 4.44. The lowest BCUT2D eigenvalue weighted by molar-refractivity contribution is 0.927. The molecule has 0 amide bonds. The Labute approximate surface area is 74.1 Å². The fourth-order valence-corrected chi connectivity index (χ4v) is 3.43. The van der Waals surface area contributed by atoms with Crippen LogP contribution in [0.5, 0.6) is 0 Å². The number of rotatable bonds is 3. The molecule has 5 heteroatoms. The molecule has 0 aromatic carbocycles. The summed E-state index contributed by atoms with van der Waals surface area (Å²) in [5.41, 5.74) is 5.30. The summed E-state index contributed by atoms with van der Waals surface area (Å²) in [5, 5.41) is 0. The molecule has 0 unspecified atom stereocenters. The zero-order valence-electron chi connectivity index (χ0n) is 4.33. The first-order valence-corrected chi connectivity index (χ1v) is 11.3. The van der Waals surface area contributed by atoms with Crippen molar-refractivity contribution in [1.29, 1.82) is 0 Å². The predicted molar refractivity (Wildman–Crippen MR) is 51.0 cm³/mol. The summed E-state index contributed by atoms with van der Waals surface area (Å²) < 4.78 is -1.32. The molecule has 8 heavy (non-hydrogen) atoms. The predicted octanol–water partition coefficient (Wildman–Crippen LogP) is 2.46. The second-order valence-corrected chi connectivity index (χ2v) is 25.0. The minimum atomic E-state index is -1.32. The van der Waals surface area contributed by atoms with Crippen LogP contribution in [0.15, 0.2) is 0 Å². The maximum absolute atomic E-state index is 5.30. The Morgan fingerprint density at radius 3 is 1.88 bits per heavy atom. The van der Waals surface area contributed by atoms with Crippen molar-refractivity contribution in [2.45, 2.75) is 12.5 Å². The van der Waals surface area contributed by atoms with E-state index in [1.54, 1.807) is 0 Å². The lowest BCUT2D eigenvalue weighted by atomic mass is 10.5. The second-order valence-electron chi connectivity index (χ2n) is 1.51. The monoisotopic (exact) mass is 323 g/mol. The summed E-state index contributed by atoms with van der Waals surface area (Å²) >= 11 is 10.5. The quantitative estimate of drug-likeness (QED) is 0.626. The average molecular weight is 326 g/mol. The van der Waals surface area contributed by atoms with E-state index in [0.29, 0.717) is 0 Å². The molecule has 0 radical (unpaired) electrons. The van der Waals surface area contributed by atoms with Crippen LogP contribution in [0.25, 0.3) is 0 Å². The van der Waals surface area contributed by atoms with E-state index >= 15 is 0 Å². The molecular weight excluding hydrogens is 318 g/mol. The van der Waals surface area contributed by atoms with E-state index in [-0.39, 0.29) is 0 Å². The van der Waals surface area contributed by atoms with Gasteiger partial charge in [-0.2, -0.15) is 0 Å². The van der Waals surface area contributed by atoms with Gasteiger partial charge in [0.05, 0.1) is 0 Å². The van der Waals surface area contributed by atoms with Crippen molar-refractivity contribution in [3.63, 3.8) is 0 Å². The smallest absolute Gasteiger partial charge is 0.267 e. The largest absolute Gasteiger partial charge is 0.330 e. The average Bonchev–Trinajstić information content (AvgIpc) is 1.59. The van der Waals surface area contributed by atoms with Gasteiger partial charge >= 0.3 is 0 Å². The third kappa shape index (κ3) is 7.62. The molecule has 0 saturated heterocycles. The van der Waals surface area contributed by atoms with Crippen molar-refractivity contribution >= 4 is 49.8 Å². The van der Waals surface area contributed by atoms with E-state index in [0.717, 1.165) is 19.0 Å². The van der Waals surface area contributed by atoms with Crippen LogP contribution in [-0.2, 0) is 0 Å². The van der Waals surface area contributed by atoms with Crippen LogP contribution < -0.4 is 5.73 Å². The standard InChI is InChI=1S/C3H8Br3NSi/c4-8(5,6)3-1-2-7/h1-3,7H2. The van der Waals surface area contributed by atoms with Crippen LogP contribution in [0.2, 0.25) is 6.04 Å². The van der Waals surface area contributed by atoms with Gasteiger partial charge in [-0.25, -0.2) is 0 Å². The molecule has 0 spiro atoms. The first-order valence-electron chi connectivity index (χ1n) is 2.33. The van der Waals surface area contributed by atoms with Crippen molar-refractivity contribution < 1.29 is 0 Å². The van der Waals surface area contributed by atoms with Gasteiger partial charge in [-0.15, -0.1) is 0 Å². The molecule has 0 rings (SSSR count). The summed E-state index contributed by atoms with van der Waals surface area (Å²) in [6.07, 6.45) is 1.08. The van der Waals surface area contributed by atoms with Crippen molar-refractivity contribution in [3.05, 3.63) is 0 Å². The summed E-state index contributed by atoms with van der Waals surface area (Å²) in [6.45, 7) is 0.775. The first kappa shape index (κ1) is 9.62. The summed E-state index contributed by atoms with van der Waals surface area (Å²) in [7, 11) is 0. The van der Waals surface area contributed by atoms with E-state index in [2.05, 4.69) is 45.9 Å². The van der Waals surface area contributed by atoms with Crippen LogP contribution in [0.1, 0.15) is 6.42 Å². The molecule has 0 fully saturated rings. The van der Waals surface area contributed by atoms with Gasteiger partial charge in [0.15, 0.2) is 0 Å². The van der Waals surface area contributed by atoms with Gasteiger partial charge in [0, 0.05) is 0 Å². The van der Waals surface area contributed by atoms with Gasteiger partial charge in [0.2, 0.25) is 0 Å². The van der Waals surface area contributed by atoms with E-state index in [1.807, 2.05) is 0 Å². The number of hydrogen-bond acceptors (Lipinski definition) is 1. The molecule has 0 heterocycles. The first-order chi connectivity index (χ1) is 3.56. The van der Waals surface area contributed by atoms with Crippen LogP contribution in [0.4, 0.5) is 0 Å². The van der Waals surface area contributed by atoms with E-state index in [1.165, 1.54) is 0 Å². The maximum atomic E-state index is 5.30. The fourth-order valence-electron chi connectivity index (χ4n) is 0.303. The number of halogens is 3. The Morgan fingerprint density at radius 2 is 1.75 bits per heavy atom. The molecule has 0 aromatic heterocycles. The molecular formula is C3H8Br3NSi. The lowest BCUT2D eigenvalue weighted by Crippen LogP contribution is -2.09. The summed E-state index contributed by atoms with van der Waals surface area (Å²) in [4.78, 5) is 0. The fraction of sp³-hybridized carbons (Fsp3) is 1.00. The Bertz CT molecular complexity index is 62.0. The molecule has 0 atom stereocenters. The number of nitrogens with two attached hydrogens (primary N) is 1. The van der Waals surface area contributed by atoms with E-state index in [9.17, 15) is 0 Å². The highest BCUT2D eigenvalue weighted by atomic mass is 80.0. The number of hydrogen-bond donors (Lipinski definition) is 1. The van der Waals surface area contributed by atoms with Crippen molar-refractivity contribution in [2.24, 2.45) is 5.73 Å². The van der Waals surface area contributed by atoms with E-state index in [4.69, 9.17) is 5.73 Å². The van der Waals surface area contributed by atoms with Gasteiger partial charge < -0.3 is 5.73 Å². The van der Waals surface area contributed by atoms with Crippen LogP contribution >= 0.6 is 45.9 Å². The van der Waals surface area contributed by atoms with Crippen molar-refractivity contribution in [2.75, 3.05) is 6.54 Å². The Kier molecular flexibility index (Phi) is 5.33. The molecule has 0 saturated carbocycles. The Morgan fingerprint density at radius 1 is 1.25 bits per heavy atom. The van der Waals surface area contributed by atoms with Crippen LogP contribution in [-0.4, -0.2) is 10.5 Å². The van der Waals surface area contributed by atoms with Crippen LogP contribution in [0, 0.1) is 0 Å². The van der Waals surface area contributed by atoms with Gasteiger partial charge in [-0.05, 0) is 19.0 Å². The molecule has 0 aromatic rings. The molecule has 50 valence electrons. The molecule has 2 N–H and O–H groups in total. The summed E-state index contributed by atoms with van der Waals surface area (Å²) in [6, 6.07) is 1.13. The van der Waals surface area contributed by atoms with Gasteiger partial charge in [-0.1, -0.05) is 45.9 Å². The molecule has 0 aliphatic carbocycles. The minimum Gasteiger partial charge on any atom is -0.330 e. The highest BCUT2D eigenvalue weighted by Crippen LogP contribution is 2.32. The summed E-state index contributed by atoms with van der Waals surface area (Å²) in [5.74, 6) is 0. The SMILES string of the molecule is NCCC[Si](Br)(Br)Br. The zero-order chi connectivity index (χ0) is 6.62. The third-order valence-corrected chi connectivity index (χ3v) is 5.15. The normalized spacial score (nSPS) is 12.0. The van der Waals surface area contributed by atoms with Gasteiger partial charge in [0.25, 0.3) is 3.93 Å². The third-order valence-electron chi connectivity index (χ3n) is 0.664. The molecule has 1 nitrogen and oxygen atoms in total. The van der Waals surface area contributed by atoms with Gasteiger partial charge in [-0.3, -0.25) is 0 Å². The molecule has 0 aliphatic heterocycles. The van der Waals surface area contributed by atoms with Crippen molar-refractivity contribution in [1.82, 2.24) is 0 Å².